The van der Waals surface area contributed by atoms with Crippen LogP contribution in [-0.2, 0) is 4.84 Å². The van der Waals surface area contributed by atoms with E-state index in [0.717, 1.165) is 0 Å². The number of hydrogen-bond donors (Lipinski definition) is 3. The van der Waals surface area contributed by atoms with E-state index in [1.807, 2.05) is 0 Å². The number of anilines is 2. The quantitative estimate of drug-likeness (QED) is 0.691. The molecule has 0 fully saturated rings. The second-order valence-corrected chi connectivity index (χ2v) is 5.28. The minimum absolute atomic E-state index is 0.119. The second kappa shape index (κ2) is 6.48. The van der Waals surface area contributed by atoms with Crippen molar-refractivity contribution in [1.82, 2.24) is 10.3 Å². The number of hydrogen-bond acceptors (Lipinski definition) is 9. The summed E-state index contributed by atoms with van der Waals surface area (Å²) in [6.07, 6.45) is -1.41. The lowest BCUT2D eigenvalue weighted by molar-refractivity contribution is -0.0746. The van der Waals surface area contributed by atoms with Gasteiger partial charge in [0.1, 0.15) is 5.82 Å². The van der Waals surface area contributed by atoms with E-state index in [4.69, 9.17) is 9.94 Å². The molecule has 2 aromatic rings. The van der Waals surface area contributed by atoms with Crippen LogP contribution in [0.2, 0.25) is 0 Å². The van der Waals surface area contributed by atoms with Crippen LogP contribution in [-0.4, -0.2) is 45.9 Å². The van der Waals surface area contributed by atoms with E-state index in [9.17, 15) is 9.50 Å². The maximum atomic E-state index is 13.4. The zero-order valence-electron chi connectivity index (χ0n) is 11.5. The number of amidine groups is 1. The molecule has 0 aliphatic carbocycles. The fourth-order valence-electron chi connectivity index (χ4n) is 1.96. The topological polar surface area (TPSA) is 116 Å². The standard InChI is InChI=1S/C12H11BrFN5O4/c13-7-5-6(1-2-8(7)14)19-11(18-22-12(19)21)9-10(15-3-4-20)17-23-16-9/h1-2,5,12,20-21H,3-4H2,(H,15,17). The monoisotopic (exact) mass is 387 g/mol. The van der Waals surface area contributed by atoms with E-state index in [1.165, 1.54) is 23.1 Å². The minimum atomic E-state index is -1.41. The molecule has 1 aliphatic heterocycles. The van der Waals surface area contributed by atoms with Crippen molar-refractivity contribution < 1.29 is 24.1 Å². The average molecular weight is 388 g/mol. The molecule has 2 heterocycles. The van der Waals surface area contributed by atoms with Gasteiger partial charge < -0.3 is 20.4 Å². The molecule has 11 heteroatoms. The van der Waals surface area contributed by atoms with Crippen molar-refractivity contribution in [2.24, 2.45) is 5.16 Å². The molecule has 0 saturated carbocycles. The number of halogens is 2. The van der Waals surface area contributed by atoms with Gasteiger partial charge in [-0.15, -0.1) is 0 Å². The number of aliphatic hydroxyl groups excluding tert-OH is 2. The number of aliphatic hydroxyl groups is 2. The summed E-state index contributed by atoms with van der Waals surface area (Å²) in [5.41, 5.74) is 0.591. The Balaban J connectivity index is 1.95. The fourth-order valence-corrected chi connectivity index (χ4v) is 2.33. The first-order valence-corrected chi connectivity index (χ1v) is 7.25. The summed E-state index contributed by atoms with van der Waals surface area (Å²) in [7, 11) is 0. The third-order valence-electron chi connectivity index (χ3n) is 2.97. The largest absolute Gasteiger partial charge is 0.395 e. The molecule has 1 aromatic heterocycles. The molecule has 1 aliphatic rings. The van der Waals surface area contributed by atoms with Crippen LogP contribution in [0.4, 0.5) is 15.9 Å². The normalized spacial score (nSPS) is 17.1. The molecule has 0 bridgehead atoms. The van der Waals surface area contributed by atoms with Crippen molar-refractivity contribution in [2.45, 2.75) is 6.41 Å². The first-order valence-electron chi connectivity index (χ1n) is 6.45. The van der Waals surface area contributed by atoms with Gasteiger partial charge in [0.15, 0.2) is 5.69 Å². The fraction of sp³-hybridized carbons (Fsp3) is 0.250. The summed E-state index contributed by atoms with van der Waals surface area (Å²) in [6, 6.07) is 4.13. The molecule has 1 atom stereocenters. The maximum absolute atomic E-state index is 13.4. The molecular weight excluding hydrogens is 377 g/mol. The van der Waals surface area contributed by atoms with Crippen LogP contribution in [0.15, 0.2) is 32.5 Å². The van der Waals surface area contributed by atoms with E-state index in [1.54, 1.807) is 0 Å². The van der Waals surface area contributed by atoms with Crippen molar-refractivity contribution in [1.29, 1.82) is 0 Å². The highest BCUT2D eigenvalue weighted by molar-refractivity contribution is 9.10. The Morgan fingerprint density at radius 2 is 2.22 bits per heavy atom. The number of rotatable bonds is 5. The molecule has 9 nitrogen and oxygen atoms in total. The minimum Gasteiger partial charge on any atom is -0.395 e. The Labute approximate surface area is 137 Å². The van der Waals surface area contributed by atoms with Crippen LogP contribution in [0.25, 0.3) is 0 Å². The summed E-state index contributed by atoms with van der Waals surface area (Å²) < 4.78 is 18.3. The van der Waals surface area contributed by atoms with Crippen LogP contribution in [0, 0.1) is 5.82 Å². The Kier molecular flexibility index (Phi) is 4.41. The molecule has 0 spiro atoms. The van der Waals surface area contributed by atoms with Crippen LogP contribution in [0.5, 0.6) is 0 Å². The first kappa shape index (κ1) is 15.6. The van der Waals surface area contributed by atoms with E-state index in [0.29, 0.717) is 5.69 Å². The van der Waals surface area contributed by atoms with Crippen molar-refractivity contribution in [3.63, 3.8) is 0 Å². The summed E-state index contributed by atoms with van der Waals surface area (Å²) in [4.78, 5) is 6.15. The van der Waals surface area contributed by atoms with Gasteiger partial charge in [0.2, 0.25) is 11.7 Å². The molecule has 0 amide bonds. The van der Waals surface area contributed by atoms with Gasteiger partial charge in [0, 0.05) is 6.54 Å². The van der Waals surface area contributed by atoms with Gasteiger partial charge >= 0.3 is 6.41 Å². The zero-order chi connectivity index (χ0) is 16.4. The molecule has 1 unspecified atom stereocenters. The van der Waals surface area contributed by atoms with Gasteiger partial charge in [-0.2, -0.15) is 0 Å². The van der Waals surface area contributed by atoms with E-state index in [-0.39, 0.29) is 35.0 Å². The molecule has 0 radical (unpaired) electrons. The van der Waals surface area contributed by atoms with Crippen molar-refractivity contribution in [3.05, 3.63) is 34.2 Å². The summed E-state index contributed by atoms with van der Waals surface area (Å²) >= 11 is 3.08. The Bertz CT molecular complexity index is 740. The highest BCUT2D eigenvalue weighted by Gasteiger charge is 2.35. The molecule has 0 saturated heterocycles. The lowest BCUT2D eigenvalue weighted by atomic mass is 10.2. The van der Waals surface area contributed by atoms with Gasteiger partial charge in [-0.1, -0.05) is 5.16 Å². The Hall–Kier alpha value is -2.24. The van der Waals surface area contributed by atoms with E-state index < -0.39 is 12.2 Å². The highest BCUT2D eigenvalue weighted by atomic mass is 79.9. The Morgan fingerprint density at radius 1 is 1.39 bits per heavy atom. The predicted octanol–water partition coefficient (Wildman–Crippen LogP) is 0.850. The average Bonchev–Trinajstić information content (AvgIpc) is 3.14. The third kappa shape index (κ3) is 2.98. The third-order valence-corrected chi connectivity index (χ3v) is 3.58. The maximum Gasteiger partial charge on any atom is 0.311 e. The highest BCUT2D eigenvalue weighted by Crippen LogP contribution is 2.29. The van der Waals surface area contributed by atoms with Gasteiger partial charge in [-0.05, 0) is 44.4 Å². The van der Waals surface area contributed by atoms with Crippen LogP contribution in [0.1, 0.15) is 5.69 Å². The summed E-state index contributed by atoms with van der Waals surface area (Å²) in [6.45, 7) is 0.104. The van der Waals surface area contributed by atoms with E-state index in [2.05, 4.69) is 41.3 Å². The Morgan fingerprint density at radius 3 is 2.96 bits per heavy atom. The zero-order valence-corrected chi connectivity index (χ0v) is 13.1. The number of oxime groups is 1. The van der Waals surface area contributed by atoms with Crippen molar-refractivity contribution >= 4 is 33.3 Å². The summed E-state index contributed by atoms with van der Waals surface area (Å²) in [5.74, 6) is -0.102. The van der Waals surface area contributed by atoms with Crippen LogP contribution in [0.3, 0.4) is 0 Å². The molecule has 23 heavy (non-hydrogen) atoms. The molecule has 122 valence electrons. The van der Waals surface area contributed by atoms with Crippen LogP contribution < -0.4 is 10.2 Å². The molecule has 3 rings (SSSR count). The number of aromatic nitrogens is 2. The second-order valence-electron chi connectivity index (χ2n) is 4.43. The molecule has 3 N–H and O–H groups in total. The van der Waals surface area contributed by atoms with Gasteiger partial charge in [-0.3, -0.25) is 4.90 Å². The molecule has 1 aromatic carbocycles. The predicted molar refractivity (Wildman–Crippen MR) is 80.1 cm³/mol. The SMILES string of the molecule is OCCNc1nonc1C1=NOC(O)N1c1ccc(F)c(Br)c1. The van der Waals surface area contributed by atoms with Crippen molar-refractivity contribution in [2.75, 3.05) is 23.4 Å². The van der Waals surface area contributed by atoms with E-state index >= 15 is 0 Å². The summed E-state index contributed by atoms with van der Waals surface area (Å²) in [5, 5.41) is 32.8. The number of nitrogens with one attached hydrogen (secondary N) is 1. The van der Waals surface area contributed by atoms with Gasteiger partial charge in [0.05, 0.1) is 16.8 Å². The van der Waals surface area contributed by atoms with Gasteiger partial charge in [-0.25, -0.2) is 9.02 Å². The lowest BCUT2D eigenvalue weighted by Gasteiger charge is -2.20. The smallest absolute Gasteiger partial charge is 0.311 e. The lowest BCUT2D eigenvalue weighted by Crippen LogP contribution is -2.37. The number of nitrogens with zero attached hydrogens (tertiary/aromatic N) is 4. The van der Waals surface area contributed by atoms with Gasteiger partial charge in [0.25, 0.3) is 0 Å². The molecular formula is C12H11BrFN5O4. The number of benzene rings is 1. The first-order chi connectivity index (χ1) is 11.1. The van der Waals surface area contributed by atoms with Crippen LogP contribution >= 0.6 is 15.9 Å². The van der Waals surface area contributed by atoms with Crippen molar-refractivity contribution in [3.8, 4) is 0 Å².